The largest absolute Gasteiger partial charge is 0.495 e. The van der Waals surface area contributed by atoms with E-state index in [0.29, 0.717) is 0 Å². The summed E-state index contributed by atoms with van der Waals surface area (Å²) in [5, 5.41) is 0. The van der Waals surface area contributed by atoms with E-state index in [1.54, 1.807) is 20.4 Å². The fourth-order valence-corrected chi connectivity index (χ4v) is 1.91. The van der Waals surface area contributed by atoms with E-state index in [2.05, 4.69) is 33.6 Å². The molecule has 0 saturated carbocycles. The number of rotatable bonds is 6. The van der Waals surface area contributed by atoms with E-state index in [1.807, 2.05) is 0 Å². The van der Waals surface area contributed by atoms with E-state index in [4.69, 9.17) is 9.47 Å². The van der Waals surface area contributed by atoms with Crippen LogP contribution in [0, 0.1) is 3.70 Å². The first kappa shape index (κ1) is 12.7. The van der Waals surface area contributed by atoms with Crippen molar-refractivity contribution in [2.75, 3.05) is 20.8 Å². The lowest BCUT2D eigenvalue weighted by Gasteiger charge is -2.07. The number of nitrogens with zero attached hydrogens (tertiary/aromatic N) is 1. The Morgan fingerprint density at radius 3 is 2.80 bits per heavy atom. The summed E-state index contributed by atoms with van der Waals surface area (Å²) in [6.45, 7) is 0.824. The lowest BCUT2D eigenvalue weighted by atomic mass is 10.1. The molecule has 0 aliphatic heterocycles. The van der Waals surface area contributed by atoms with Gasteiger partial charge < -0.3 is 9.47 Å². The minimum absolute atomic E-state index is 0.824. The zero-order valence-corrected chi connectivity index (χ0v) is 11.3. The summed E-state index contributed by atoms with van der Waals surface area (Å²) in [5.41, 5.74) is 1.23. The van der Waals surface area contributed by atoms with Crippen molar-refractivity contribution in [1.29, 1.82) is 0 Å². The molecule has 0 fully saturated rings. The maximum atomic E-state index is 5.26. The summed E-state index contributed by atoms with van der Waals surface area (Å²) < 4.78 is 11.3. The van der Waals surface area contributed by atoms with E-state index in [9.17, 15) is 0 Å². The molecule has 0 aliphatic carbocycles. The summed E-state index contributed by atoms with van der Waals surface area (Å²) in [7, 11) is 3.42. The normalized spacial score (nSPS) is 10.3. The molecular weight excluding hydrogens is 305 g/mol. The average molecular weight is 321 g/mol. The van der Waals surface area contributed by atoms with Gasteiger partial charge in [0.15, 0.2) is 0 Å². The number of hydrogen-bond donors (Lipinski definition) is 0. The molecule has 4 heteroatoms. The van der Waals surface area contributed by atoms with Gasteiger partial charge in [-0.2, -0.15) is 0 Å². The van der Waals surface area contributed by atoms with Crippen molar-refractivity contribution in [1.82, 2.24) is 4.98 Å². The Morgan fingerprint density at radius 1 is 1.33 bits per heavy atom. The van der Waals surface area contributed by atoms with Crippen LogP contribution in [0.4, 0.5) is 0 Å². The molecule has 0 N–H and O–H groups in total. The Labute approximate surface area is 104 Å². The second kappa shape index (κ2) is 7.00. The van der Waals surface area contributed by atoms with Gasteiger partial charge in [0.25, 0.3) is 0 Å². The Balaban J connectivity index is 2.54. The van der Waals surface area contributed by atoms with Crippen LogP contribution in [-0.2, 0) is 11.2 Å². The van der Waals surface area contributed by atoms with Gasteiger partial charge in [0.1, 0.15) is 9.45 Å². The Morgan fingerprint density at radius 2 is 2.13 bits per heavy atom. The van der Waals surface area contributed by atoms with Crippen LogP contribution in [0.25, 0.3) is 0 Å². The molecule has 3 nitrogen and oxygen atoms in total. The van der Waals surface area contributed by atoms with E-state index >= 15 is 0 Å². The second-order valence-corrected chi connectivity index (χ2v) is 4.37. The topological polar surface area (TPSA) is 31.4 Å². The number of aryl methyl sites for hydroxylation is 1. The smallest absolute Gasteiger partial charge is 0.140 e. The van der Waals surface area contributed by atoms with Gasteiger partial charge in [0, 0.05) is 13.7 Å². The molecule has 0 aromatic carbocycles. The molecular formula is C11H16INO2. The first-order chi connectivity index (χ1) is 7.27. The number of pyridine rings is 1. The monoisotopic (exact) mass is 321 g/mol. The molecule has 0 atom stereocenters. The van der Waals surface area contributed by atoms with Crippen molar-refractivity contribution in [2.45, 2.75) is 19.3 Å². The lowest BCUT2D eigenvalue weighted by Crippen LogP contribution is -1.97. The first-order valence-electron chi connectivity index (χ1n) is 4.95. The summed E-state index contributed by atoms with van der Waals surface area (Å²) in [5.74, 6) is 0.882. The van der Waals surface area contributed by atoms with Crippen LogP contribution in [0.3, 0.4) is 0 Å². The van der Waals surface area contributed by atoms with Gasteiger partial charge in [-0.05, 0) is 53.5 Å². The van der Waals surface area contributed by atoms with E-state index < -0.39 is 0 Å². The van der Waals surface area contributed by atoms with Gasteiger partial charge in [-0.25, -0.2) is 4.98 Å². The highest BCUT2D eigenvalue weighted by molar-refractivity contribution is 14.1. The van der Waals surface area contributed by atoms with Crippen molar-refractivity contribution in [3.63, 3.8) is 0 Å². The SMILES string of the molecule is COCCCCc1cc(I)ncc1OC. The Kier molecular flexibility index (Phi) is 5.93. The van der Waals surface area contributed by atoms with Crippen molar-refractivity contribution < 1.29 is 9.47 Å². The molecule has 0 aliphatic rings. The third kappa shape index (κ3) is 4.34. The van der Waals surface area contributed by atoms with Crippen LogP contribution in [0.15, 0.2) is 12.3 Å². The number of ether oxygens (including phenoxy) is 2. The molecule has 15 heavy (non-hydrogen) atoms. The fourth-order valence-electron chi connectivity index (χ4n) is 1.40. The van der Waals surface area contributed by atoms with Gasteiger partial charge in [0.2, 0.25) is 0 Å². The summed E-state index contributed by atoms with van der Waals surface area (Å²) >= 11 is 2.22. The summed E-state index contributed by atoms with van der Waals surface area (Å²) in [4.78, 5) is 4.19. The maximum Gasteiger partial charge on any atom is 0.140 e. The maximum absolute atomic E-state index is 5.26. The molecule has 1 rings (SSSR count). The quantitative estimate of drug-likeness (QED) is 0.459. The highest BCUT2D eigenvalue weighted by Crippen LogP contribution is 2.20. The summed E-state index contributed by atoms with van der Waals surface area (Å²) in [6, 6.07) is 2.08. The molecule has 1 aromatic rings. The molecule has 0 unspecified atom stereocenters. The molecule has 0 saturated heterocycles. The average Bonchev–Trinajstić information content (AvgIpc) is 2.25. The van der Waals surface area contributed by atoms with Crippen molar-refractivity contribution in [2.24, 2.45) is 0 Å². The minimum atomic E-state index is 0.824. The highest BCUT2D eigenvalue weighted by atomic mass is 127. The van der Waals surface area contributed by atoms with Gasteiger partial charge in [-0.15, -0.1) is 0 Å². The van der Waals surface area contributed by atoms with Gasteiger partial charge in [-0.3, -0.25) is 0 Å². The van der Waals surface area contributed by atoms with Gasteiger partial charge in [-0.1, -0.05) is 0 Å². The predicted octanol–water partition coefficient (Wildman–Crippen LogP) is 2.66. The third-order valence-electron chi connectivity index (χ3n) is 2.18. The minimum Gasteiger partial charge on any atom is -0.495 e. The first-order valence-corrected chi connectivity index (χ1v) is 6.03. The van der Waals surface area contributed by atoms with Crippen molar-refractivity contribution in [3.05, 3.63) is 21.5 Å². The van der Waals surface area contributed by atoms with Crippen LogP contribution in [-0.4, -0.2) is 25.8 Å². The fraction of sp³-hybridized carbons (Fsp3) is 0.545. The van der Waals surface area contributed by atoms with Gasteiger partial charge >= 0.3 is 0 Å². The predicted molar refractivity (Wildman–Crippen MR) is 68.3 cm³/mol. The number of hydrogen-bond acceptors (Lipinski definition) is 3. The Bertz CT molecular complexity index is 305. The van der Waals surface area contributed by atoms with E-state index in [1.165, 1.54) is 5.56 Å². The number of methoxy groups -OCH3 is 2. The lowest BCUT2D eigenvalue weighted by molar-refractivity contribution is 0.193. The van der Waals surface area contributed by atoms with Crippen LogP contribution in [0.1, 0.15) is 18.4 Å². The van der Waals surface area contributed by atoms with Crippen LogP contribution in [0.2, 0.25) is 0 Å². The molecule has 84 valence electrons. The number of aromatic nitrogens is 1. The third-order valence-corrected chi connectivity index (χ3v) is 2.77. The van der Waals surface area contributed by atoms with E-state index in [-0.39, 0.29) is 0 Å². The van der Waals surface area contributed by atoms with Crippen LogP contribution < -0.4 is 4.74 Å². The molecule has 1 aromatic heterocycles. The van der Waals surface area contributed by atoms with E-state index in [0.717, 1.165) is 35.3 Å². The van der Waals surface area contributed by atoms with Crippen molar-refractivity contribution in [3.8, 4) is 5.75 Å². The molecule has 0 spiro atoms. The molecule has 0 amide bonds. The highest BCUT2D eigenvalue weighted by Gasteiger charge is 2.04. The molecule has 1 heterocycles. The second-order valence-electron chi connectivity index (χ2n) is 3.27. The standard InChI is InChI=1S/C11H16INO2/c1-14-6-4-3-5-9-7-11(12)13-8-10(9)15-2/h7-8H,3-6H2,1-2H3. The number of unbranched alkanes of at least 4 members (excludes halogenated alkanes) is 1. The zero-order valence-electron chi connectivity index (χ0n) is 9.12. The van der Waals surface area contributed by atoms with Crippen molar-refractivity contribution >= 4 is 22.6 Å². The van der Waals surface area contributed by atoms with Gasteiger partial charge in [0.05, 0.1) is 13.3 Å². The molecule has 0 radical (unpaired) electrons. The summed E-state index contributed by atoms with van der Waals surface area (Å²) in [6.07, 6.45) is 5.00. The number of halogens is 1. The Hall–Kier alpha value is -0.360. The molecule has 0 bridgehead atoms. The van der Waals surface area contributed by atoms with Crippen LogP contribution >= 0.6 is 22.6 Å². The van der Waals surface area contributed by atoms with Crippen LogP contribution in [0.5, 0.6) is 5.75 Å². The zero-order chi connectivity index (χ0) is 11.1.